The zero-order chi connectivity index (χ0) is 30.8. The highest BCUT2D eigenvalue weighted by Gasteiger charge is 2.46. The molecule has 2 aromatic rings. The van der Waals surface area contributed by atoms with Crippen molar-refractivity contribution >= 4 is 35.2 Å². The number of anilines is 1. The molecule has 11 heteroatoms. The summed E-state index contributed by atoms with van der Waals surface area (Å²) in [6.45, 7) is 7.35. The molecule has 44 heavy (non-hydrogen) atoms. The average molecular weight is 601 g/mol. The zero-order valence-electron chi connectivity index (χ0n) is 25.1. The van der Waals surface area contributed by atoms with Crippen LogP contribution in [0.15, 0.2) is 42.5 Å². The number of benzene rings is 2. The van der Waals surface area contributed by atoms with Crippen molar-refractivity contribution in [1.29, 1.82) is 0 Å². The maximum absolute atomic E-state index is 13.5. The van der Waals surface area contributed by atoms with Crippen molar-refractivity contribution in [1.82, 2.24) is 26.0 Å². The van der Waals surface area contributed by atoms with Crippen LogP contribution in [0.25, 0.3) is 0 Å². The van der Waals surface area contributed by atoms with Crippen LogP contribution < -0.4 is 21.1 Å². The highest BCUT2D eigenvalue weighted by Crippen LogP contribution is 2.36. The third kappa shape index (κ3) is 5.98. The van der Waals surface area contributed by atoms with E-state index in [4.69, 9.17) is 0 Å². The van der Waals surface area contributed by atoms with Crippen LogP contribution in [-0.2, 0) is 9.59 Å². The molecular weight excluding hydrogens is 560 g/mol. The summed E-state index contributed by atoms with van der Waals surface area (Å²) in [4.78, 5) is 68.8. The SMILES string of the molecule is CCNNC(=O)c1ccc(C2CCN(CC3CCN(c4cccc5c4C(=O)N(C4CCC(=O)NC4=O)C5=O)CC3)CC2)cc1. The molecule has 0 spiro atoms. The first kappa shape index (κ1) is 30.0. The van der Waals surface area contributed by atoms with Crippen molar-refractivity contribution in [2.75, 3.05) is 44.2 Å². The van der Waals surface area contributed by atoms with Crippen molar-refractivity contribution in [3.63, 3.8) is 0 Å². The number of carbonyl (C=O) groups is 5. The molecule has 4 heterocycles. The van der Waals surface area contributed by atoms with Crippen LogP contribution >= 0.6 is 0 Å². The van der Waals surface area contributed by atoms with Gasteiger partial charge in [-0.25, -0.2) is 5.43 Å². The third-order valence-electron chi connectivity index (χ3n) is 9.53. The van der Waals surface area contributed by atoms with Gasteiger partial charge < -0.3 is 9.80 Å². The van der Waals surface area contributed by atoms with E-state index < -0.39 is 23.8 Å². The number of carbonyl (C=O) groups excluding carboxylic acids is 5. The fourth-order valence-corrected chi connectivity index (χ4v) is 7.08. The predicted octanol–water partition coefficient (Wildman–Crippen LogP) is 2.44. The van der Waals surface area contributed by atoms with E-state index >= 15 is 0 Å². The van der Waals surface area contributed by atoms with Gasteiger partial charge in [-0.15, -0.1) is 0 Å². The average Bonchev–Trinajstić information content (AvgIpc) is 3.30. The van der Waals surface area contributed by atoms with E-state index in [2.05, 4.69) is 38.1 Å². The number of likely N-dealkylation sites (tertiary alicyclic amines) is 1. The smallest absolute Gasteiger partial charge is 0.265 e. The first-order valence-corrected chi connectivity index (χ1v) is 15.8. The van der Waals surface area contributed by atoms with Crippen molar-refractivity contribution in [2.45, 2.75) is 57.4 Å². The van der Waals surface area contributed by atoms with Gasteiger partial charge in [0.2, 0.25) is 11.8 Å². The van der Waals surface area contributed by atoms with E-state index in [9.17, 15) is 24.0 Å². The van der Waals surface area contributed by atoms with Gasteiger partial charge in [0, 0.05) is 38.2 Å². The fourth-order valence-electron chi connectivity index (χ4n) is 7.08. The Hall–Kier alpha value is -4.09. The second-order valence-electron chi connectivity index (χ2n) is 12.3. The van der Waals surface area contributed by atoms with E-state index in [0.29, 0.717) is 35.1 Å². The van der Waals surface area contributed by atoms with Gasteiger partial charge in [-0.3, -0.25) is 39.6 Å². The molecule has 0 bridgehead atoms. The van der Waals surface area contributed by atoms with Gasteiger partial charge >= 0.3 is 0 Å². The molecule has 2 aromatic carbocycles. The first-order valence-electron chi connectivity index (χ1n) is 15.8. The molecule has 4 aliphatic rings. The topological polar surface area (TPSA) is 131 Å². The van der Waals surface area contributed by atoms with Gasteiger partial charge in [0.05, 0.1) is 16.8 Å². The summed E-state index contributed by atoms with van der Waals surface area (Å²) in [5.74, 6) is -0.953. The van der Waals surface area contributed by atoms with Crippen LogP contribution in [-0.4, -0.2) is 84.6 Å². The van der Waals surface area contributed by atoms with Gasteiger partial charge in [0.25, 0.3) is 17.7 Å². The number of imide groups is 2. The number of hydrogen-bond acceptors (Lipinski definition) is 8. The number of amides is 5. The van der Waals surface area contributed by atoms with E-state index in [1.807, 2.05) is 25.1 Å². The standard InChI is InChI=1S/C33H40N6O5/c1-2-34-36-30(41)24-8-6-22(7-9-24)23-14-16-37(17-15-23)20-21-12-18-38(19-13-21)26-5-3-4-25-29(26)33(44)39(32(25)43)27-10-11-28(40)35-31(27)42/h3-9,21,23,27,34H,2,10-20H2,1H3,(H,36,41)(H,35,40,42). The van der Waals surface area contributed by atoms with Crippen LogP contribution in [0.3, 0.4) is 0 Å². The van der Waals surface area contributed by atoms with Gasteiger partial charge in [0.1, 0.15) is 6.04 Å². The summed E-state index contributed by atoms with van der Waals surface area (Å²) < 4.78 is 0. The Labute approximate surface area is 257 Å². The normalized spacial score (nSPS) is 21.9. The summed E-state index contributed by atoms with van der Waals surface area (Å²) in [5, 5.41) is 2.26. The summed E-state index contributed by atoms with van der Waals surface area (Å²) in [7, 11) is 0. The Kier molecular flexibility index (Phi) is 8.76. The largest absolute Gasteiger partial charge is 0.371 e. The summed E-state index contributed by atoms with van der Waals surface area (Å²) >= 11 is 0. The molecule has 4 aliphatic heterocycles. The monoisotopic (exact) mass is 600 g/mol. The maximum atomic E-state index is 13.5. The fraction of sp³-hybridized carbons (Fsp3) is 0.485. The number of nitrogens with zero attached hydrogens (tertiary/aromatic N) is 3. The Morgan fingerprint density at radius 3 is 2.30 bits per heavy atom. The molecule has 0 aromatic heterocycles. The molecular formula is C33H40N6O5. The van der Waals surface area contributed by atoms with Crippen LogP contribution in [0.5, 0.6) is 0 Å². The van der Waals surface area contributed by atoms with Gasteiger partial charge in [-0.2, -0.15) is 0 Å². The molecule has 3 saturated heterocycles. The molecule has 232 valence electrons. The van der Waals surface area contributed by atoms with Gasteiger partial charge in [0.15, 0.2) is 0 Å². The minimum atomic E-state index is -0.961. The Balaban J connectivity index is 1.01. The molecule has 6 rings (SSSR count). The first-order chi connectivity index (χ1) is 21.3. The van der Waals surface area contributed by atoms with Crippen molar-refractivity contribution in [3.8, 4) is 0 Å². The summed E-state index contributed by atoms with van der Waals surface area (Å²) in [6, 6.07) is 12.4. The molecule has 1 atom stereocenters. The number of piperidine rings is 3. The second-order valence-corrected chi connectivity index (χ2v) is 12.3. The van der Waals surface area contributed by atoms with E-state index in [1.165, 1.54) is 5.56 Å². The molecule has 0 aliphatic carbocycles. The van der Waals surface area contributed by atoms with E-state index in [1.54, 1.807) is 12.1 Å². The zero-order valence-corrected chi connectivity index (χ0v) is 25.1. The Morgan fingerprint density at radius 2 is 1.61 bits per heavy atom. The van der Waals surface area contributed by atoms with Crippen LogP contribution in [0.2, 0.25) is 0 Å². The van der Waals surface area contributed by atoms with Crippen molar-refractivity contribution in [3.05, 3.63) is 64.7 Å². The molecule has 3 fully saturated rings. The van der Waals surface area contributed by atoms with Gasteiger partial charge in [-0.1, -0.05) is 25.1 Å². The number of fused-ring (bicyclic) bond motifs is 1. The highest BCUT2D eigenvalue weighted by atomic mass is 16.2. The maximum Gasteiger partial charge on any atom is 0.265 e. The van der Waals surface area contributed by atoms with E-state index in [0.717, 1.165) is 69.0 Å². The predicted molar refractivity (Wildman–Crippen MR) is 164 cm³/mol. The number of hydrazine groups is 1. The van der Waals surface area contributed by atoms with Crippen molar-refractivity contribution in [2.24, 2.45) is 5.92 Å². The molecule has 1 unspecified atom stereocenters. The second kappa shape index (κ2) is 12.9. The summed E-state index contributed by atoms with van der Waals surface area (Å²) in [6.07, 6.45) is 4.44. The quantitative estimate of drug-likeness (QED) is 0.311. The highest BCUT2D eigenvalue weighted by molar-refractivity contribution is 6.25. The lowest BCUT2D eigenvalue weighted by Gasteiger charge is -2.39. The lowest BCUT2D eigenvalue weighted by atomic mass is 9.88. The minimum Gasteiger partial charge on any atom is -0.371 e. The van der Waals surface area contributed by atoms with Gasteiger partial charge in [-0.05, 0) is 86.9 Å². The molecule has 5 amide bonds. The third-order valence-corrected chi connectivity index (χ3v) is 9.53. The number of hydrogen-bond donors (Lipinski definition) is 3. The Morgan fingerprint density at radius 1 is 0.886 bits per heavy atom. The minimum absolute atomic E-state index is 0.103. The van der Waals surface area contributed by atoms with E-state index in [-0.39, 0.29) is 24.7 Å². The molecule has 11 nitrogen and oxygen atoms in total. The molecule has 0 saturated carbocycles. The lowest BCUT2D eigenvalue weighted by Crippen LogP contribution is -2.54. The summed E-state index contributed by atoms with van der Waals surface area (Å²) in [5.41, 5.74) is 8.92. The number of rotatable bonds is 8. The molecule has 0 radical (unpaired) electrons. The van der Waals surface area contributed by atoms with Crippen molar-refractivity contribution < 1.29 is 24.0 Å². The molecule has 3 N–H and O–H groups in total. The van der Waals surface area contributed by atoms with Crippen LogP contribution in [0.1, 0.15) is 88.0 Å². The Bertz CT molecular complexity index is 1440. The lowest BCUT2D eigenvalue weighted by molar-refractivity contribution is -0.136. The van der Waals surface area contributed by atoms with Crippen LogP contribution in [0.4, 0.5) is 5.69 Å². The number of nitrogens with one attached hydrogen (secondary N) is 3. The van der Waals surface area contributed by atoms with Crippen LogP contribution in [0, 0.1) is 5.92 Å².